The van der Waals surface area contributed by atoms with Gasteiger partial charge < -0.3 is 9.67 Å². The maximum atomic E-state index is 13.7. The third-order valence-electron chi connectivity index (χ3n) is 3.99. The lowest BCUT2D eigenvalue weighted by molar-refractivity contribution is -0.137. The van der Waals surface area contributed by atoms with E-state index in [1.54, 1.807) is 0 Å². The minimum absolute atomic E-state index is 0.0445. The van der Waals surface area contributed by atoms with Crippen molar-refractivity contribution < 1.29 is 27.5 Å². The van der Waals surface area contributed by atoms with E-state index < -0.39 is 34.5 Å². The molecule has 2 aromatic carbocycles. The van der Waals surface area contributed by atoms with E-state index in [0.29, 0.717) is 5.56 Å². The molecule has 0 bridgehead atoms. The van der Waals surface area contributed by atoms with Gasteiger partial charge in [-0.3, -0.25) is 4.79 Å². The van der Waals surface area contributed by atoms with Crippen molar-refractivity contribution in [3.8, 4) is 0 Å². The van der Waals surface area contributed by atoms with Crippen LogP contribution >= 0.6 is 11.6 Å². The lowest BCUT2D eigenvalue weighted by Gasteiger charge is -2.14. The Kier molecular flexibility index (Phi) is 4.69. The van der Waals surface area contributed by atoms with Crippen molar-refractivity contribution >= 4 is 28.5 Å². The van der Waals surface area contributed by atoms with Gasteiger partial charge in [-0.15, -0.1) is 0 Å². The molecule has 0 amide bonds. The second-order valence-electron chi connectivity index (χ2n) is 5.78. The SMILES string of the molecule is O=C(O)c1cn(Cc2ccc(C(F)(F)F)cc2)c2cc(Cl)c(F)cc2c1=O. The molecule has 0 aliphatic carbocycles. The van der Waals surface area contributed by atoms with E-state index in [1.165, 1.54) is 22.8 Å². The quantitative estimate of drug-likeness (QED) is 0.657. The molecule has 0 aliphatic heterocycles. The second-order valence-corrected chi connectivity index (χ2v) is 6.19. The summed E-state index contributed by atoms with van der Waals surface area (Å²) in [5.74, 6) is -2.39. The molecule has 0 unspecified atom stereocenters. The van der Waals surface area contributed by atoms with Crippen LogP contribution in [0.25, 0.3) is 10.9 Å². The maximum absolute atomic E-state index is 13.7. The van der Waals surface area contributed by atoms with Gasteiger partial charge in [0.05, 0.1) is 16.1 Å². The number of aromatic nitrogens is 1. The Hall–Kier alpha value is -2.87. The summed E-state index contributed by atoms with van der Waals surface area (Å²) in [4.78, 5) is 23.6. The van der Waals surface area contributed by atoms with Crippen molar-refractivity contribution in [1.82, 2.24) is 4.57 Å². The van der Waals surface area contributed by atoms with Crippen molar-refractivity contribution in [3.63, 3.8) is 0 Å². The van der Waals surface area contributed by atoms with Crippen molar-refractivity contribution in [3.05, 3.63) is 80.3 Å². The number of fused-ring (bicyclic) bond motifs is 1. The Morgan fingerprint density at radius 3 is 2.33 bits per heavy atom. The molecule has 27 heavy (non-hydrogen) atoms. The van der Waals surface area contributed by atoms with Crippen LogP contribution < -0.4 is 5.43 Å². The largest absolute Gasteiger partial charge is 0.477 e. The van der Waals surface area contributed by atoms with E-state index in [0.717, 1.165) is 24.4 Å². The average molecular weight is 400 g/mol. The fourth-order valence-corrected chi connectivity index (χ4v) is 2.82. The predicted octanol–water partition coefficient (Wildman–Crippen LogP) is 4.56. The molecule has 0 saturated carbocycles. The molecule has 1 aromatic heterocycles. The summed E-state index contributed by atoms with van der Waals surface area (Å²) in [5, 5.41) is 8.74. The van der Waals surface area contributed by atoms with Crippen molar-refractivity contribution in [1.29, 1.82) is 0 Å². The Labute approximate surface area is 154 Å². The summed E-state index contributed by atoms with van der Waals surface area (Å²) >= 11 is 5.76. The second kappa shape index (κ2) is 6.70. The molecule has 0 saturated heterocycles. The average Bonchev–Trinajstić information content (AvgIpc) is 2.58. The van der Waals surface area contributed by atoms with Gasteiger partial charge in [0.2, 0.25) is 5.43 Å². The monoisotopic (exact) mass is 399 g/mol. The highest BCUT2D eigenvalue weighted by Gasteiger charge is 2.30. The number of halogens is 5. The van der Waals surface area contributed by atoms with Gasteiger partial charge in [-0.2, -0.15) is 13.2 Å². The molecule has 1 N–H and O–H groups in total. The number of nitrogens with zero attached hydrogens (tertiary/aromatic N) is 1. The van der Waals surface area contributed by atoms with Gasteiger partial charge in [0.25, 0.3) is 0 Å². The first-order valence-corrected chi connectivity index (χ1v) is 7.87. The fraction of sp³-hybridized carbons (Fsp3) is 0.111. The number of rotatable bonds is 3. The third kappa shape index (κ3) is 3.66. The minimum atomic E-state index is -4.48. The zero-order valence-corrected chi connectivity index (χ0v) is 14.1. The highest BCUT2D eigenvalue weighted by molar-refractivity contribution is 6.31. The number of aromatic carboxylic acids is 1. The van der Waals surface area contributed by atoms with Gasteiger partial charge in [-0.05, 0) is 29.8 Å². The van der Waals surface area contributed by atoms with Crippen LogP contribution in [0.4, 0.5) is 17.6 Å². The summed E-state index contributed by atoms with van der Waals surface area (Å²) in [7, 11) is 0. The smallest absolute Gasteiger partial charge is 0.416 e. The van der Waals surface area contributed by atoms with E-state index in [9.17, 15) is 32.3 Å². The van der Waals surface area contributed by atoms with Gasteiger partial charge in [0.15, 0.2) is 0 Å². The van der Waals surface area contributed by atoms with Crippen LogP contribution in [0.5, 0.6) is 0 Å². The number of carboxylic acids is 1. The van der Waals surface area contributed by atoms with Crippen LogP contribution in [-0.2, 0) is 12.7 Å². The lowest BCUT2D eigenvalue weighted by Crippen LogP contribution is -2.19. The van der Waals surface area contributed by atoms with Crippen LogP contribution in [0.2, 0.25) is 5.02 Å². The Balaban J connectivity index is 2.15. The van der Waals surface area contributed by atoms with E-state index in [-0.39, 0.29) is 22.5 Å². The van der Waals surface area contributed by atoms with Gasteiger partial charge >= 0.3 is 12.1 Å². The summed E-state index contributed by atoms with van der Waals surface area (Å²) in [6.45, 7) is -0.0445. The molecule has 3 rings (SSSR count). The molecular weight excluding hydrogens is 390 g/mol. The molecule has 9 heteroatoms. The molecule has 3 aromatic rings. The van der Waals surface area contributed by atoms with Crippen LogP contribution in [0, 0.1) is 5.82 Å². The highest BCUT2D eigenvalue weighted by Crippen LogP contribution is 2.29. The summed E-state index contributed by atoms with van der Waals surface area (Å²) < 4.78 is 53.1. The van der Waals surface area contributed by atoms with Gasteiger partial charge in [0, 0.05) is 18.1 Å². The van der Waals surface area contributed by atoms with Crippen molar-refractivity contribution in [2.75, 3.05) is 0 Å². The number of carbonyl (C=O) groups is 1. The van der Waals surface area contributed by atoms with Gasteiger partial charge in [0.1, 0.15) is 11.4 Å². The highest BCUT2D eigenvalue weighted by atomic mass is 35.5. The number of hydrogen-bond donors (Lipinski definition) is 1. The first-order chi connectivity index (χ1) is 12.6. The molecular formula is C18H10ClF4NO3. The molecule has 0 fully saturated rings. The molecule has 140 valence electrons. The normalized spacial score (nSPS) is 11.7. The maximum Gasteiger partial charge on any atom is 0.416 e. The zero-order valence-electron chi connectivity index (χ0n) is 13.3. The van der Waals surface area contributed by atoms with Crippen LogP contribution in [0.15, 0.2) is 47.4 Å². The molecule has 1 heterocycles. The summed E-state index contributed by atoms with van der Waals surface area (Å²) in [6, 6.07) is 6.27. The lowest BCUT2D eigenvalue weighted by atomic mass is 10.1. The fourth-order valence-electron chi connectivity index (χ4n) is 2.66. The van der Waals surface area contributed by atoms with E-state index in [2.05, 4.69) is 0 Å². The summed E-state index contributed by atoms with van der Waals surface area (Å²) in [5.41, 5.74) is -1.71. The number of alkyl halides is 3. The number of pyridine rings is 1. The van der Waals surface area contributed by atoms with E-state index in [4.69, 9.17) is 11.6 Å². The number of hydrogen-bond acceptors (Lipinski definition) is 2. The van der Waals surface area contributed by atoms with E-state index in [1.807, 2.05) is 0 Å². The van der Waals surface area contributed by atoms with Crippen LogP contribution in [0.1, 0.15) is 21.5 Å². The third-order valence-corrected chi connectivity index (χ3v) is 4.28. The van der Waals surface area contributed by atoms with E-state index >= 15 is 0 Å². The first kappa shape index (κ1) is 18.9. The van der Waals surface area contributed by atoms with Crippen molar-refractivity contribution in [2.24, 2.45) is 0 Å². The van der Waals surface area contributed by atoms with Gasteiger partial charge in [-0.1, -0.05) is 23.7 Å². The molecule has 0 atom stereocenters. The molecule has 0 radical (unpaired) electrons. The summed E-state index contributed by atoms with van der Waals surface area (Å²) in [6.07, 6.45) is -3.43. The van der Waals surface area contributed by atoms with Crippen LogP contribution in [-0.4, -0.2) is 15.6 Å². The Morgan fingerprint density at radius 2 is 1.78 bits per heavy atom. The molecule has 0 spiro atoms. The molecule has 4 nitrogen and oxygen atoms in total. The number of carboxylic acid groups (broad SMARTS) is 1. The Bertz CT molecular complexity index is 1100. The van der Waals surface area contributed by atoms with Crippen molar-refractivity contribution in [2.45, 2.75) is 12.7 Å². The number of benzene rings is 2. The standard InChI is InChI=1S/C18H10ClF4NO3/c19-13-6-15-11(5-14(13)20)16(25)12(17(26)27)8-24(15)7-9-1-3-10(4-2-9)18(21,22)23/h1-6,8H,7H2,(H,26,27). The first-order valence-electron chi connectivity index (χ1n) is 7.49. The minimum Gasteiger partial charge on any atom is -0.477 e. The van der Waals surface area contributed by atoms with Gasteiger partial charge in [-0.25, -0.2) is 9.18 Å². The predicted molar refractivity (Wildman–Crippen MR) is 90.7 cm³/mol. The topological polar surface area (TPSA) is 59.3 Å². The van der Waals surface area contributed by atoms with Crippen LogP contribution in [0.3, 0.4) is 0 Å². The Morgan fingerprint density at radius 1 is 1.15 bits per heavy atom. The molecule has 0 aliphatic rings. The zero-order chi connectivity index (χ0) is 19.9.